The van der Waals surface area contributed by atoms with Gasteiger partial charge in [0.1, 0.15) is 23.1 Å². The number of hydrogen-bond donors (Lipinski definition) is 2. The zero-order valence-corrected chi connectivity index (χ0v) is 18.5. The van der Waals surface area contributed by atoms with Crippen molar-refractivity contribution in [1.82, 2.24) is 24.9 Å². The van der Waals surface area contributed by atoms with Crippen molar-refractivity contribution in [2.75, 3.05) is 12.4 Å². The van der Waals surface area contributed by atoms with Crippen LogP contribution in [0.2, 0.25) is 0 Å². The zero-order chi connectivity index (χ0) is 22.0. The number of H-pyrrole nitrogens is 1. The molecule has 0 atom stereocenters. The Hall–Kier alpha value is -3.81. The third kappa shape index (κ3) is 2.86. The molecule has 1 fully saturated rings. The van der Waals surface area contributed by atoms with Crippen molar-refractivity contribution in [2.45, 2.75) is 32.6 Å². The second kappa shape index (κ2) is 6.85. The summed E-state index contributed by atoms with van der Waals surface area (Å²) >= 11 is 0. The van der Waals surface area contributed by atoms with Gasteiger partial charge in [-0.2, -0.15) is 5.10 Å². The average molecular weight is 428 g/mol. The number of ether oxygens (including phenoxy) is 1. The molecule has 0 spiro atoms. The molecule has 0 saturated heterocycles. The van der Waals surface area contributed by atoms with Gasteiger partial charge in [0, 0.05) is 41.7 Å². The third-order valence-corrected chi connectivity index (χ3v) is 6.27. The van der Waals surface area contributed by atoms with E-state index in [1.165, 1.54) is 12.8 Å². The number of aromatic amines is 1. The molecular weight excluding hydrogens is 404 g/mol. The molecule has 4 heterocycles. The third-order valence-electron chi connectivity index (χ3n) is 6.27. The summed E-state index contributed by atoms with van der Waals surface area (Å²) in [6.07, 6.45) is 4.25. The quantitative estimate of drug-likeness (QED) is 0.392. The number of methoxy groups -OCH3 is 1. The van der Waals surface area contributed by atoms with E-state index in [1.807, 2.05) is 37.8 Å². The summed E-state index contributed by atoms with van der Waals surface area (Å²) in [4.78, 5) is 8.19. The highest BCUT2D eigenvalue weighted by atomic mass is 16.5. The number of rotatable bonds is 5. The van der Waals surface area contributed by atoms with Crippen molar-refractivity contribution in [3.63, 3.8) is 0 Å². The molecular formula is C24H24N6O2. The minimum Gasteiger partial charge on any atom is -0.496 e. The highest BCUT2D eigenvalue weighted by Crippen LogP contribution is 2.42. The zero-order valence-electron chi connectivity index (χ0n) is 18.5. The highest BCUT2D eigenvalue weighted by molar-refractivity contribution is 6.14. The van der Waals surface area contributed by atoms with Gasteiger partial charge in [0.05, 0.1) is 35.0 Å². The van der Waals surface area contributed by atoms with E-state index in [1.54, 1.807) is 7.11 Å². The minimum atomic E-state index is 0.598. The standard InChI is InChI=1S/C24H24N6O2/c1-12-22(13(2)32-29-12)16-9-19-15(10-20(16)31-4)23-17(26-19)7-8-25-24(23)27-21-11-18(14-5-6-14)28-30(21)3/h7-11,14,26H,5-6H2,1-4H3,(H,25,27). The Morgan fingerprint density at radius 1 is 1.19 bits per heavy atom. The molecule has 0 radical (unpaired) electrons. The van der Waals surface area contributed by atoms with Crippen LogP contribution in [0.4, 0.5) is 11.6 Å². The van der Waals surface area contributed by atoms with Crippen molar-refractivity contribution in [2.24, 2.45) is 7.05 Å². The Morgan fingerprint density at radius 3 is 2.75 bits per heavy atom. The van der Waals surface area contributed by atoms with Gasteiger partial charge in [-0.15, -0.1) is 0 Å². The van der Waals surface area contributed by atoms with Crippen molar-refractivity contribution >= 4 is 33.4 Å². The fourth-order valence-corrected chi connectivity index (χ4v) is 4.51. The first-order chi connectivity index (χ1) is 15.5. The molecule has 162 valence electrons. The summed E-state index contributed by atoms with van der Waals surface area (Å²) < 4.78 is 13.1. The van der Waals surface area contributed by atoms with Crippen LogP contribution in [0, 0.1) is 13.8 Å². The minimum absolute atomic E-state index is 0.598. The van der Waals surface area contributed by atoms with Gasteiger partial charge in [-0.05, 0) is 44.9 Å². The summed E-state index contributed by atoms with van der Waals surface area (Å²) in [6.45, 7) is 3.86. The van der Waals surface area contributed by atoms with Crippen molar-refractivity contribution in [3.8, 4) is 16.9 Å². The molecule has 0 aliphatic heterocycles. The second-order valence-electron chi connectivity index (χ2n) is 8.48. The van der Waals surface area contributed by atoms with E-state index in [4.69, 9.17) is 9.26 Å². The lowest BCUT2D eigenvalue weighted by molar-refractivity contribution is 0.393. The maximum atomic E-state index is 5.78. The Kier molecular flexibility index (Phi) is 4.05. The fraction of sp³-hybridized carbons (Fsp3) is 0.292. The summed E-state index contributed by atoms with van der Waals surface area (Å²) in [7, 11) is 3.65. The fourth-order valence-electron chi connectivity index (χ4n) is 4.51. The molecule has 1 aliphatic rings. The molecule has 5 aromatic rings. The van der Waals surface area contributed by atoms with Gasteiger partial charge in [-0.25, -0.2) is 4.98 Å². The number of nitrogens with one attached hydrogen (secondary N) is 2. The van der Waals surface area contributed by atoms with Crippen LogP contribution in [0.15, 0.2) is 35.0 Å². The van der Waals surface area contributed by atoms with E-state index in [2.05, 4.69) is 43.7 Å². The van der Waals surface area contributed by atoms with Gasteiger partial charge < -0.3 is 19.6 Å². The van der Waals surface area contributed by atoms with Gasteiger partial charge in [0.2, 0.25) is 0 Å². The summed E-state index contributed by atoms with van der Waals surface area (Å²) in [6, 6.07) is 8.27. The molecule has 8 heteroatoms. The molecule has 1 aromatic carbocycles. The van der Waals surface area contributed by atoms with E-state index in [-0.39, 0.29) is 0 Å². The smallest absolute Gasteiger partial charge is 0.141 e. The van der Waals surface area contributed by atoms with Crippen LogP contribution in [0.3, 0.4) is 0 Å². The number of nitrogens with zero attached hydrogens (tertiary/aromatic N) is 4. The lowest BCUT2D eigenvalue weighted by Crippen LogP contribution is -2.01. The molecule has 8 nitrogen and oxygen atoms in total. The van der Waals surface area contributed by atoms with Gasteiger partial charge in [0.25, 0.3) is 0 Å². The first-order valence-electron chi connectivity index (χ1n) is 10.8. The number of aromatic nitrogens is 5. The van der Waals surface area contributed by atoms with Gasteiger partial charge in [-0.1, -0.05) is 5.16 Å². The summed E-state index contributed by atoms with van der Waals surface area (Å²) in [5, 5.41) is 14.3. The molecule has 0 amide bonds. The van der Waals surface area contributed by atoms with Crippen LogP contribution in [0.1, 0.15) is 35.9 Å². The monoisotopic (exact) mass is 428 g/mol. The van der Waals surface area contributed by atoms with Gasteiger partial charge in [-0.3, -0.25) is 4.68 Å². The Balaban J connectivity index is 1.52. The Bertz CT molecular complexity index is 1470. The van der Waals surface area contributed by atoms with Gasteiger partial charge in [0.15, 0.2) is 0 Å². The molecule has 1 saturated carbocycles. The van der Waals surface area contributed by atoms with Crippen LogP contribution in [0.5, 0.6) is 5.75 Å². The average Bonchev–Trinajstić information content (AvgIpc) is 3.37. The van der Waals surface area contributed by atoms with Crippen LogP contribution in [-0.2, 0) is 7.05 Å². The number of anilines is 2. The maximum absolute atomic E-state index is 5.78. The number of fused-ring (bicyclic) bond motifs is 3. The van der Waals surface area contributed by atoms with Crippen LogP contribution in [-0.4, -0.2) is 32.0 Å². The topological polar surface area (TPSA) is 93.8 Å². The van der Waals surface area contributed by atoms with Gasteiger partial charge >= 0.3 is 0 Å². The molecule has 0 bridgehead atoms. The van der Waals surface area contributed by atoms with Crippen LogP contribution < -0.4 is 10.1 Å². The normalized spacial score (nSPS) is 13.9. The van der Waals surface area contributed by atoms with Crippen LogP contribution in [0.25, 0.3) is 32.9 Å². The van der Waals surface area contributed by atoms with E-state index >= 15 is 0 Å². The molecule has 2 N–H and O–H groups in total. The Labute approximate surface area is 184 Å². The molecule has 32 heavy (non-hydrogen) atoms. The largest absolute Gasteiger partial charge is 0.496 e. The number of hydrogen-bond acceptors (Lipinski definition) is 6. The predicted octanol–water partition coefficient (Wildman–Crippen LogP) is 5.35. The summed E-state index contributed by atoms with van der Waals surface area (Å²) in [5.41, 5.74) is 5.89. The highest BCUT2D eigenvalue weighted by Gasteiger charge is 2.27. The lowest BCUT2D eigenvalue weighted by Gasteiger charge is -2.10. The first kappa shape index (κ1) is 18.9. The van der Waals surface area contributed by atoms with Crippen molar-refractivity contribution < 1.29 is 9.26 Å². The van der Waals surface area contributed by atoms with Crippen molar-refractivity contribution in [3.05, 3.63) is 47.6 Å². The summed E-state index contributed by atoms with van der Waals surface area (Å²) in [5.74, 6) is 3.84. The van der Waals surface area contributed by atoms with Crippen LogP contribution >= 0.6 is 0 Å². The van der Waals surface area contributed by atoms with E-state index in [9.17, 15) is 0 Å². The first-order valence-corrected chi connectivity index (χ1v) is 10.8. The molecule has 6 rings (SSSR count). The number of pyridine rings is 1. The number of benzene rings is 1. The second-order valence-corrected chi connectivity index (χ2v) is 8.48. The van der Waals surface area contributed by atoms with E-state index in [0.29, 0.717) is 5.92 Å². The maximum Gasteiger partial charge on any atom is 0.141 e. The molecule has 1 aliphatic carbocycles. The predicted molar refractivity (Wildman–Crippen MR) is 124 cm³/mol. The van der Waals surface area contributed by atoms with Crippen molar-refractivity contribution in [1.29, 1.82) is 0 Å². The SMILES string of the molecule is COc1cc2c(cc1-c1c(C)noc1C)[nH]c1ccnc(Nc3cc(C4CC4)nn3C)c12. The molecule has 4 aromatic heterocycles. The van der Waals surface area contributed by atoms with E-state index < -0.39 is 0 Å². The Morgan fingerprint density at radius 2 is 2.03 bits per heavy atom. The number of aryl methyl sites for hydroxylation is 3. The van der Waals surface area contributed by atoms with E-state index in [0.717, 1.165) is 67.5 Å². The lowest BCUT2D eigenvalue weighted by atomic mass is 10.0. The molecule has 0 unspecified atom stereocenters.